The van der Waals surface area contributed by atoms with Crippen LogP contribution in [0.3, 0.4) is 0 Å². The Labute approximate surface area is 151 Å². The van der Waals surface area contributed by atoms with Crippen LogP contribution >= 0.6 is 23.6 Å². The Morgan fingerprint density at radius 2 is 1.96 bits per heavy atom. The summed E-state index contributed by atoms with van der Waals surface area (Å²) in [5.41, 5.74) is 3.57. The molecule has 24 heavy (non-hydrogen) atoms. The summed E-state index contributed by atoms with van der Waals surface area (Å²) in [4.78, 5) is 1.34. The summed E-state index contributed by atoms with van der Waals surface area (Å²) in [5, 5.41) is 8.79. The highest BCUT2D eigenvalue weighted by molar-refractivity contribution is 7.73. The van der Waals surface area contributed by atoms with E-state index in [1.165, 1.54) is 27.4 Å². The molecule has 6 heteroatoms. The van der Waals surface area contributed by atoms with Crippen molar-refractivity contribution >= 4 is 34.4 Å². The van der Waals surface area contributed by atoms with Gasteiger partial charge in [0, 0.05) is 11.3 Å². The number of hydrogen-bond donors (Lipinski definition) is 2. The second-order valence-electron chi connectivity index (χ2n) is 5.94. The van der Waals surface area contributed by atoms with Gasteiger partial charge in [-0.1, -0.05) is 53.8 Å². The van der Waals surface area contributed by atoms with Gasteiger partial charge in [-0.25, -0.2) is 0 Å². The van der Waals surface area contributed by atoms with E-state index < -0.39 is 0 Å². The van der Waals surface area contributed by atoms with Crippen LogP contribution in [0.15, 0.2) is 54.6 Å². The molecule has 0 aliphatic heterocycles. The summed E-state index contributed by atoms with van der Waals surface area (Å²) in [5.74, 6) is 0. The van der Waals surface area contributed by atoms with E-state index in [1.54, 1.807) is 0 Å². The fourth-order valence-corrected chi connectivity index (χ4v) is 3.59. The van der Waals surface area contributed by atoms with Gasteiger partial charge in [-0.15, -0.1) is 5.10 Å². The first-order chi connectivity index (χ1) is 11.6. The molecule has 3 rings (SSSR count). The predicted octanol–water partition coefficient (Wildman–Crippen LogP) is 3.40. The summed E-state index contributed by atoms with van der Waals surface area (Å²) in [6, 6.07) is 18.7. The van der Waals surface area contributed by atoms with Crippen LogP contribution < -0.4 is 10.2 Å². The molecule has 4 nitrogen and oxygen atoms in total. The van der Waals surface area contributed by atoms with Gasteiger partial charge in [0.05, 0.1) is 7.05 Å². The van der Waals surface area contributed by atoms with Gasteiger partial charge in [-0.05, 0) is 36.8 Å². The number of quaternary nitrogens is 1. The highest BCUT2D eigenvalue weighted by Crippen LogP contribution is 2.20. The molecular formula is C18H21N4S2+. The van der Waals surface area contributed by atoms with E-state index in [0.717, 1.165) is 28.0 Å². The van der Waals surface area contributed by atoms with Crippen molar-refractivity contribution in [1.82, 2.24) is 9.78 Å². The lowest BCUT2D eigenvalue weighted by Gasteiger charge is -2.13. The molecule has 0 radical (unpaired) electrons. The normalized spacial score (nSPS) is 12.1. The molecule has 0 aliphatic carbocycles. The van der Waals surface area contributed by atoms with Crippen LogP contribution in [0.1, 0.15) is 11.1 Å². The van der Waals surface area contributed by atoms with E-state index in [0.29, 0.717) is 0 Å². The molecule has 3 aromatic rings. The molecule has 0 fully saturated rings. The molecule has 1 aromatic heterocycles. The molecule has 1 unspecified atom stereocenters. The number of nitrogens with zero attached hydrogens (tertiary/aromatic N) is 2. The minimum absolute atomic E-state index is 0.750. The highest BCUT2D eigenvalue weighted by Gasteiger charge is 2.09. The van der Waals surface area contributed by atoms with Gasteiger partial charge in [0.15, 0.2) is 10.6 Å². The Morgan fingerprint density at radius 3 is 2.71 bits per heavy atom. The number of anilines is 2. The molecule has 1 heterocycles. The fraction of sp³-hybridized carbons (Fsp3) is 0.222. The van der Waals surface area contributed by atoms with Crippen molar-refractivity contribution in [3.8, 4) is 0 Å². The minimum Gasteiger partial charge on any atom is -0.330 e. The average molecular weight is 358 g/mol. The van der Waals surface area contributed by atoms with E-state index in [9.17, 15) is 0 Å². The average Bonchev–Trinajstić information content (AvgIpc) is 2.87. The molecule has 124 valence electrons. The van der Waals surface area contributed by atoms with Crippen molar-refractivity contribution in [1.29, 1.82) is 0 Å². The number of nitrogens with one attached hydrogen (secondary N) is 2. The van der Waals surface area contributed by atoms with Gasteiger partial charge in [-0.3, -0.25) is 0 Å². The van der Waals surface area contributed by atoms with Gasteiger partial charge in [0.2, 0.25) is 5.13 Å². The SMILES string of the molecule is Cc1cccc(Nc2nn(C[NH+](C)Cc3ccccc3)c(=S)s2)c1. The standard InChI is InChI=1S/C18H20N4S2/c1-14-7-6-10-16(11-14)19-17-20-22(18(23)24-17)13-21(2)12-15-8-4-3-5-9-15/h3-11H,12-13H2,1-2H3,(H,19,20)/p+1. The number of benzene rings is 2. The number of rotatable bonds is 6. The van der Waals surface area contributed by atoms with Crippen molar-refractivity contribution < 1.29 is 4.90 Å². The predicted molar refractivity (Wildman–Crippen MR) is 102 cm³/mol. The zero-order chi connectivity index (χ0) is 16.9. The quantitative estimate of drug-likeness (QED) is 0.664. The van der Waals surface area contributed by atoms with Crippen LogP contribution in [-0.2, 0) is 13.2 Å². The van der Waals surface area contributed by atoms with E-state index >= 15 is 0 Å². The maximum Gasteiger partial charge on any atom is 0.209 e. The molecule has 0 amide bonds. The molecular weight excluding hydrogens is 336 g/mol. The number of aromatic nitrogens is 2. The van der Waals surface area contributed by atoms with E-state index in [2.05, 4.69) is 60.8 Å². The molecule has 0 saturated heterocycles. The number of hydrogen-bond acceptors (Lipinski definition) is 4. The van der Waals surface area contributed by atoms with Gasteiger partial charge in [-0.2, -0.15) is 4.68 Å². The summed E-state index contributed by atoms with van der Waals surface area (Å²) in [7, 11) is 2.15. The molecule has 1 atom stereocenters. The van der Waals surface area contributed by atoms with Crippen LogP contribution in [0.4, 0.5) is 10.8 Å². The van der Waals surface area contributed by atoms with Crippen LogP contribution in [-0.4, -0.2) is 16.8 Å². The van der Waals surface area contributed by atoms with Crippen LogP contribution in [0, 0.1) is 10.9 Å². The second kappa shape index (κ2) is 7.70. The maximum atomic E-state index is 5.46. The third-order valence-electron chi connectivity index (χ3n) is 3.64. The molecule has 2 N–H and O–H groups in total. The third-order valence-corrected chi connectivity index (χ3v) is 4.87. The monoisotopic (exact) mass is 357 g/mol. The van der Waals surface area contributed by atoms with Crippen LogP contribution in [0.2, 0.25) is 0 Å². The van der Waals surface area contributed by atoms with E-state index in [4.69, 9.17) is 12.2 Å². The Balaban J connectivity index is 1.66. The van der Waals surface area contributed by atoms with Crippen molar-refractivity contribution in [2.24, 2.45) is 0 Å². The first kappa shape index (κ1) is 16.8. The Hall–Kier alpha value is -2.02. The number of aryl methyl sites for hydroxylation is 1. The van der Waals surface area contributed by atoms with Gasteiger partial charge < -0.3 is 10.2 Å². The molecule has 2 aromatic carbocycles. The fourth-order valence-electron chi connectivity index (χ4n) is 2.56. The Kier molecular flexibility index (Phi) is 5.40. The smallest absolute Gasteiger partial charge is 0.209 e. The first-order valence-corrected chi connectivity index (χ1v) is 9.09. The van der Waals surface area contributed by atoms with Gasteiger partial charge >= 0.3 is 0 Å². The summed E-state index contributed by atoms with van der Waals surface area (Å²) >= 11 is 6.97. The summed E-state index contributed by atoms with van der Waals surface area (Å²) in [6.07, 6.45) is 0. The largest absolute Gasteiger partial charge is 0.330 e. The third kappa shape index (κ3) is 4.50. The van der Waals surface area contributed by atoms with E-state index in [1.807, 2.05) is 22.9 Å². The molecule has 0 bridgehead atoms. The second-order valence-corrected chi connectivity index (χ2v) is 7.57. The molecule has 0 spiro atoms. The Bertz CT molecular complexity index is 855. The van der Waals surface area contributed by atoms with E-state index in [-0.39, 0.29) is 0 Å². The van der Waals surface area contributed by atoms with Crippen molar-refractivity contribution in [2.45, 2.75) is 20.1 Å². The molecule has 0 saturated carbocycles. The lowest BCUT2D eigenvalue weighted by molar-refractivity contribution is -0.917. The van der Waals surface area contributed by atoms with Crippen molar-refractivity contribution in [3.63, 3.8) is 0 Å². The summed E-state index contributed by atoms with van der Waals surface area (Å²) in [6.45, 7) is 3.77. The zero-order valence-electron chi connectivity index (χ0n) is 13.8. The van der Waals surface area contributed by atoms with Crippen molar-refractivity contribution in [2.75, 3.05) is 12.4 Å². The first-order valence-electron chi connectivity index (χ1n) is 7.87. The lowest BCUT2D eigenvalue weighted by atomic mass is 10.2. The van der Waals surface area contributed by atoms with Crippen LogP contribution in [0.25, 0.3) is 0 Å². The topological polar surface area (TPSA) is 34.3 Å². The summed E-state index contributed by atoms with van der Waals surface area (Å²) < 4.78 is 2.69. The highest BCUT2D eigenvalue weighted by atomic mass is 32.1. The van der Waals surface area contributed by atoms with Gasteiger partial charge in [0.25, 0.3) is 0 Å². The van der Waals surface area contributed by atoms with Crippen LogP contribution in [0.5, 0.6) is 0 Å². The Morgan fingerprint density at radius 1 is 1.17 bits per heavy atom. The zero-order valence-corrected chi connectivity index (χ0v) is 15.5. The van der Waals surface area contributed by atoms with Crippen molar-refractivity contribution in [3.05, 3.63) is 69.7 Å². The minimum atomic E-state index is 0.750. The van der Waals surface area contributed by atoms with Gasteiger partial charge in [0.1, 0.15) is 6.54 Å². The lowest BCUT2D eigenvalue weighted by Crippen LogP contribution is -3.07. The maximum absolute atomic E-state index is 5.46. The molecule has 0 aliphatic rings.